The summed E-state index contributed by atoms with van der Waals surface area (Å²) in [6.07, 6.45) is 1.33. The lowest BCUT2D eigenvalue weighted by atomic mass is 9.92. The van der Waals surface area contributed by atoms with Gasteiger partial charge in [0.25, 0.3) is 0 Å². The molecule has 0 aliphatic carbocycles. The van der Waals surface area contributed by atoms with Crippen LogP contribution in [0.1, 0.15) is 68.6 Å². The number of hydrogen-bond acceptors (Lipinski definition) is 3. The first kappa shape index (κ1) is 22.5. The minimum Gasteiger partial charge on any atom is -0.330 e. The lowest BCUT2D eigenvalue weighted by Gasteiger charge is -2.40. The molecule has 1 aliphatic heterocycles. The molecule has 1 aromatic heterocycles. The van der Waals surface area contributed by atoms with Gasteiger partial charge in [-0.3, -0.25) is 9.59 Å². The highest BCUT2D eigenvalue weighted by molar-refractivity contribution is 7.10. The lowest BCUT2D eigenvalue weighted by molar-refractivity contribution is -0.146. The first-order valence-electron chi connectivity index (χ1n) is 10.8. The van der Waals surface area contributed by atoms with Crippen LogP contribution in [0.25, 0.3) is 0 Å². The fourth-order valence-corrected chi connectivity index (χ4v) is 4.98. The normalized spacial score (nSPS) is 16.5. The predicted molar refractivity (Wildman–Crippen MR) is 124 cm³/mol. The van der Waals surface area contributed by atoms with E-state index >= 15 is 0 Å². The molecule has 1 unspecified atom stereocenters. The van der Waals surface area contributed by atoms with Crippen LogP contribution in [-0.4, -0.2) is 40.2 Å². The van der Waals surface area contributed by atoms with Crippen molar-refractivity contribution in [3.05, 3.63) is 57.3 Å². The molecule has 0 radical (unpaired) electrons. The van der Waals surface area contributed by atoms with Gasteiger partial charge in [0.2, 0.25) is 11.8 Å². The molecule has 0 spiro atoms. The fraction of sp³-hybridized carbons (Fsp3) is 0.520. The minimum atomic E-state index is -0.398. The topological polar surface area (TPSA) is 40.6 Å². The molecule has 2 aromatic rings. The van der Waals surface area contributed by atoms with Crippen molar-refractivity contribution in [2.75, 3.05) is 13.1 Å². The second-order valence-electron chi connectivity index (χ2n) is 9.70. The third-order valence-corrected chi connectivity index (χ3v) is 6.66. The molecule has 1 aromatic carbocycles. The standard InChI is InChI=1S/C25H34N2O2S/c1-17(2)15-22(28)27(25(4,5)6)16-23(29)26-13-11-21-20(12-14-30-21)24(26)19-9-7-18(3)8-10-19/h7-10,12,14,17,24H,11,13,15-16H2,1-6H3. The van der Waals surface area contributed by atoms with Gasteiger partial charge in [0.15, 0.2) is 0 Å². The monoisotopic (exact) mass is 426 g/mol. The molecule has 1 aliphatic rings. The van der Waals surface area contributed by atoms with Crippen molar-refractivity contribution in [2.45, 2.75) is 66.0 Å². The minimum absolute atomic E-state index is 0.0180. The van der Waals surface area contributed by atoms with Crippen LogP contribution < -0.4 is 0 Å². The highest BCUT2D eigenvalue weighted by Crippen LogP contribution is 2.38. The number of carbonyl (C=O) groups is 2. The lowest BCUT2D eigenvalue weighted by Crippen LogP contribution is -2.52. The number of thiophene rings is 1. The summed E-state index contributed by atoms with van der Waals surface area (Å²) < 4.78 is 0. The molecule has 3 rings (SSSR count). The summed E-state index contributed by atoms with van der Waals surface area (Å²) in [5, 5.41) is 2.12. The first-order valence-corrected chi connectivity index (χ1v) is 11.7. The van der Waals surface area contributed by atoms with E-state index < -0.39 is 5.54 Å². The van der Waals surface area contributed by atoms with Crippen molar-refractivity contribution in [3.63, 3.8) is 0 Å². The van der Waals surface area contributed by atoms with E-state index in [9.17, 15) is 9.59 Å². The van der Waals surface area contributed by atoms with Crippen molar-refractivity contribution < 1.29 is 9.59 Å². The Balaban J connectivity index is 1.90. The summed E-state index contributed by atoms with van der Waals surface area (Å²) in [7, 11) is 0. The van der Waals surface area contributed by atoms with Gasteiger partial charge in [0, 0.05) is 23.4 Å². The van der Waals surface area contributed by atoms with E-state index in [4.69, 9.17) is 0 Å². The second-order valence-corrected chi connectivity index (χ2v) is 10.7. The first-order chi connectivity index (χ1) is 14.1. The van der Waals surface area contributed by atoms with Crippen molar-refractivity contribution in [2.24, 2.45) is 5.92 Å². The summed E-state index contributed by atoms with van der Waals surface area (Å²) in [5.74, 6) is 0.330. The number of nitrogens with zero attached hydrogens (tertiary/aromatic N) is 2. The number of rotatable bonds is 5. The van der Waals surface area contributed by atoms with E-state index in [0.717, 1.165) is 12.0 Å². The van der Waals surface area contributed by atoms with Crippen molar-refractivity contribution >= 4 is 23.2 Å². The number of hydrogen-bond donors (Lipinski definition) is 0. The molecule has 0 bridgehead atoms. The Morgan fingerprint density at radius 3 is 2.43 bits per heavy atom. The average molecular weight is 427 g/mol. The number of carbonyl (C=O) groups excluding carboxylic acids is 2. The summed E-state index contributed by atoms with van der Waals surface area (Å²) >= 11 is 1.77. The van der Waals surface area contributed by atoms with Crippen LogP contribution in [0.5, 0.6) is 0 Å². The van der Waals surface area contributed by atoms with Gasteiger partial charge in [-0.25, -0.2) is 0 Å². The van der Waals surface area contributed by atoms with Gasteiger partial charge >= 0.3 is 0 Å². The van der Waals surface area contributed by atoms with Gasteiger partial charge in [0.05, 0.1) is 6.04 Å². The third-order valence-electron chi connectivity index (χ3n) is 5.67. The molecule has 1 atom stereocenters. The van der Waals surface area contributed by atoms with Crippen LogP contribution in [0.2, 0.25) is 0 Å². The van der Waals surface area contributed by atoms with E-state index in [0.29, 0.717) is 13.0 Å². The Morgan fingerprint density at radius 2 is 1.83 bits per heavy atom. The fourth-order valence-electron chi connectivity index (χ4n) is 4.08. The Bertz CT molecular complexity index is 893. The molecule has 5 heteroatoms. The molecule has 2 heterocycles. The highest BCUT2D eigenvalue weighted by Gasteiger charge is 2.36. The van der Waals surface area contributed by atoms with Gasteiger partial charge in [-0.05, 0) is 62.6 Å². The molecule has 2 amide bonds. The van der Waals surface area contributed by atoms with E-state index in [1.807, 2.05) is 39.5 Å². The zero-order valence-electron chi connectivity index (χ0n) is 19.1. The molecular weight excluding hydrogens is 392 g/mol. The van der Waals surface area contributed by atoms with E-state index in [1.54, 1.807) is 16.2 Å². The number of aryl methyl sites for hydroxylation is 1. The zero-order valence-corrected chi connectivity index (χ0v) is 19.9. The second kappa shape index (κ2) is 8.93. The van der Waals surface area contributed by atoms with Crippen molar-refractivity contribution in [3.8, 4) is 0 Å². The summed E-state index contributed by atoms with van der Waals surface area (Å²) in [6.45, 7) is 13.0. The molecule has 0 N–H and O–H groups in total. The maximum absolute atomic E-state index is 13.6. The molecular formula is C25H34N2O2S. The van der Waals surface area contributed by atoms with Crippen LogP contribution in [0.4, 0.5) is 0 Å². The number of amides is 2. The van der Waals surface area contributed by atoms with Gasteiger partial charge < -0.3 is 9.80 Å². The van der Waals surface area contributed by atoms with Gasteiger partial charge in [-0.15, -0.1) is 11.3 Å². The third kappa shape index (κ3) is 4.94. The molecule has 30 heavy (non-hydrogen) atoms. The maximum atomic E-state index is 13.6. The molecule has 0 fully saturated rings. The zero-order chi connectivity index (χ0) is 22.1. The summed E-state index contributed by atoms with van der Waals surface area (Å²) in [5.41, 5.74) is 3.16. The Hall–Kier alpha value is -2.14. The number of fused-ring (bicyclic) bond motifs is 1. The SMILES string of the molecule is Cc1ccc(C2c3ccsc3CCN2C(=O)CN(C(=O)CC(C)C)C(C)(C)C)cc1. The Kier molecular flexibility index (Phi) is 6.71. The smallest absolute Gasteiger partial charge is 0.243 e. The van der Waals surface area contributed by atoms with E-state index in [-0.39, 0.29) is 30.3 Å². The quantitative estimate of drug-likeness (QED) is 0.659. The Morgan fingerprint density at radius 1 is 1.17 bits per heavy atom. The molecule has 0 saturated heterocycles. The summed E-state index contributed by atoms with van der Waals surface area (Å²) in [4.78, 5) is 31.6. The molecule has 0 saturated carbocycles. The van der Waals surface area contributed by atoms with Crippen molar-refractivity contribution in [1.82, 2.24) is 9.80 Å². The van der Waals surface area contributed by atoms with Crippen LogP contribution in [-0.2, 0) is 16.0 Å². The Labute approximate surface area is 184 Å². The number of benzene rings is 1. The highest BCUT2D eigenvalue weighted by atomic mass is 32.1. The maximum Gasteiger partial charge on any atom is 0.243 e. The van der Waals surface area contributed by atoms with Crippen LogP contribution in [0.15, 0.2) is 35.7 Å². The van der Waals surface area contributed by atoms with Gasteiger partial charge in [-0.2, -0.15) is 0 Å². The van der Waals surface area contributed by atoms with E-state index in [2.05, 4.69) is 42.6 Å². The van der Waals surface area contributed by atoms with E-state index in [1.165, 1.54) is 16.0 Å². The molecule has 162 valence electrons. The van der Waals surface area contributed by atoms with Crippen LogP contribution in [0, 0.1) is 12.8 Å². The van der Waals surface area contributed by atoms with Crippen LogP contribution in [0.3, 0.4) is 0 Å². The molecule has 4 nitrogen and oxygen atoms in total. The van der Waals surface area contributed by atoms with Crippen molar-refractivity contribution in [1.29, 1.82) is 0 Å². The van der Waals surface area contributed by atoms with Gasteiger partial charge in [-0.1, -0.05) is 43.7 Å². The van der Waals surface area contributed by atoms with Gasteiger partial charge in [0.1, 0.15) is 6.54 Å². The summed E-state index contributed by atoms with van der Waals surface area (Å²) in [6, 6.07) is 10.5. The largest absolute Gasteiger partial charge is 0.330 e. The van der Waals surface area contributed by atoms with Crippen LogP contribution >= 0.6 is 11.3 Å². The predicted octanol–water partition coefficient (Wildman–Crippen LogP) is 5.20. The average Bonchev–Trinajstić information content (AvgIpc) is 3.13.